The van der Waals surface area contributed by atoms with Crippen molar-refractivity contribution in [2.45, 2.75) is 26.3 Å². The third-order valence-corrected chi connectivity index (χ3v) is 2.94. The fraction of sp³-hybridized carbons (Fsp3) is 0.462. The van der Waals surface area contributed by atoms with Gasteiger partial charge in [0, 0.05) is 6.07 Å². The number of ether oxygens (including phenoxy) is 1. The zero-order valence-electron chi connectivity index (χ0n) is 11.8. The van der Waals surface area contributed by atoms with Crippen LogP contribution in [-0.2, 0) is 4.79 Å². The molecule has 0 fully saturated rings. The van der Waals surface area contributed by atoms with E-state index in [9.17, 15) is 14.9 Å². The summed E-state index contributed by atoms with van der Waals surface area (Å²) in [6, 6.07) is 4.56. The number of hydrogen-bond acceptors (Lipinski definition) is 5. The van der Waals surface area contributed by atoms with E-state index < -0.39 is 16.4 Å². The summed E-state index contributed by atoms with van der Waals surface area (Å²) in [5, 5.41) is 13.9. The molecule has 0 aliphatic rings. The number of nitro groups is 1. The lowest BCUT2D eigenvalue weighted by molar-refractivity contribution is -0.385. The monoisotopic (exact) mass is 281 g/mol. The number of benzene rings is 1. The van der Waals surface area contributed by atoms with Gasteiger partial charge in [-0.15, -0.1) is 0 Å². The number of rotatable bonds is 7. The van der Waals surface area contributed by atoms with Crippen molar-refractivity contribution in [1.82, 2.24) is 5.32 Å². The van der Waals surface area contributed by atoms with Crippen LogP contribution in [0.25, 0.3) is 0 Å². The highest BCUT2D eigenvalue weighted by atomic mass is 16.6. The molecule has 7 heteroatoms. The number of primary amides is 1. The lowest BCUT2D eigenvalue weighted by Crippen LogP contribution is -2.57. The first-order valence-corrected chi connectivity index (χ1v) is 6.23. The van der Waals surface area contributed by atoms with E-state index in [1.165, 1.54) is 6.07 Å². The molecule has 0 saturated heterocycles. The molecule has 1 rings (SSSR count). The molecule has 0 heterocycles. The van der Waals surface area contributed by atoms with Gasteiger partial charge in [-0.2, -0.15) is 0 Å². The molecule has 0 aliphatic heterocycles. The average Bonchev–Trinajstić information content (AvgIpc) is 2.36. The van der Waals surface area contributed by atoms with Gasteiger partial charge in [-0.3, -0.25) is 14.9 Å². The Balaban J connectivity index is 2.96. The Bertz CT molecular complexity index is 518. The van der Waals surface area contributed by atoms with Crippen molar-refractivity contribution in [1.29, 1.82) is 0 Å². The van der Waals surface area contributed by atoms with Crippen molar-refractivity contribution >= 4 is 11.6 Å². The second-order valence-electron chi connectivity index (χ2n) is 4.74. The maximum atomic E-state index is 11.5. The maximum Gasteiger partial charge on any atom is 0.310 e. The Morgan fingerprint density at radius 1 is 1.55 bits per heavy atom. The number of carbonyl (C=O) groups is 1. The summed E-state index contributed by atoms with van der Waals surface area (Å²) in [4.78, 5) is 21.9. The van der Waals surface area contributed by atoms with Crippen LogP contribution in [-0.4, -0.2) is 29.5 Å². The van der Waals surface area contributed by atoms with Crippen LogP contribution in [0.4, 0.5) is 5.69 Å². The Labute approximate surface area is 117 Å². The third kappa shape index (κ3) is 3.67. The fourth-order valence-electron chi connectivity index (χ4n) is 1.71. The minimum absolute atomic E-state index is 0.0829. The van der Waals surface area contributed by atoms with E-state index >= 15 is 0 Å². The summed E-state index contributed by atoms with van der Waals surface area (Å²) in [7, 11) is 0. The molecule has 20 heavy (non-hydrogen) atoms. The smallest absolute Gasteiger partial charge is 0.310 e. The number of amides is 1. The van der Waals surface area contributed by atoms with Crippen molar-refractivity contribution in [3.8, 4) is 5.75 Å². The number of nitro benzene ring substituents is 1. The fourth-order valence-corrected chi connectivity index (χ4v) is 1.71. The third-order valence-electron chi connectivity index (χ3n) is 2.94. The lowest BCUT2D eigenvalue weighted by Gasteiger charge is -2.26. The van der Waals surface area contributed by atoms with Gasteiger partial charge in [-0.25, -0.2) is 0 Å². The average molecular weight is 281 g/mol. The molecular weight excluding hydrogens is 262 g/mol. The molecule has 0 spiro atoms. The number of nitrogens with zero attached hydrogens (tertiary/aromatic N) is 1. The highest BCUT2D eigenvalue weighted by Crippen LogP contribution is 2.28. The molecule has 1 aromatic carbocycles. The van der Waals surface area contributed by atoms with Crippen LogP contribution >= 0.6 is 0 Å². The molecule has 0 saturated carbocycles. The predicted molar refractivity (Wildman–Crippen MR) is 74.6 cm³/mol. The van der Waals surface area contributed by atoms with E-state index in [0.717, 1.165) is 5.56 Å². The van der Waals surface area contributed by atoms with Crippen LogP contribution < -0.4 is 15.8 Å². The highest BCUT2D eigenvalue weighted by molar-refractivity contribution is 5.84. The minimum atomic E-state index is -1.08. The largest absolute Gasteiger partial charge is 0.484 e. The van der Waals surface area contributed by atoms with Crippen LogP contribution in [0.1, 0.15) is 19.4 Å². The van der Waals surface area contributed by atoms with Gasteiger partial charge in [0.1, 0.15) is 12.1 Å². The van der Waals surface area contributed by atoms with Gasteiger partial charge in [0.25, 0.3) is 0 Å². The zero-order valence-corrected chi connectivity index (χ0v) is 11.8. The van der Waals surface area contributed by atoms with Crippen LogP contribution in [0, 0.1) is 17.0 Å². The molecule has 0 bridgehead atoms. The number of nitrogens with two attached hydrogens (primary N) is 1. The molecule has 1 atom stereocenters. The van der Waals surface area contributed by atoms with E-state index in [1.807, 2.05) is 6.92 Å². The number of hydrogen-bond donors (Lipinski definition) is 2. The van der Waals surface area contributed by atoms with Gasteiger partial charge in [-0.1, -0.05) is 13.0 Å². The van der Waals surface area contributed by atoms with Gasteiger partial charge in [-0.05, 0) is 32.0 Å². The van der Waals surface area contributed by atoms with Crippen molar-refractivity contribution < 1.29 is 14.5 Å². The van der Waals surface area contributed by atoms with Crippen LogP contribution in [0.2, 0.25) is 0 Å². The van der Waals surface area contributed by atoms with Crippen molar-refractivity contribution in [2.75, 3.05) is 13.2 Å². The SMILES string of the molecule is CCNC(C)(COc1cc(C)ccc1[N+](=O)[O-])C(N)=O. The van der Waals surface area contributed by atoms with E-state index in [0.29, 0.717) is 6.54 Å². The predicted octanol–water partition coefficient (Wildman–Crippen LogP) is 1.14. The van der Waals surface area contributed by atoms with Gasteiger partial charge in [0.05, 0.1) is 4.92 Å². The second kappa shape index (κ2) is 6.33. The molecule has 3 N–H and O–H groups in total. The number of likely N-dealkylation sites (N-methyl/N-ethyl adjacent to an activating group) is 1. The summed E-state index contributed by atoms with van der Waals surface area (Å²) in [6.07, 6.45) is 0. The number of carbonyl (C=O) groups excluding carboxylic acids is 1. The van der Waals surface area contributed by atoms with E-state index in [1.54, 1.807) is 26.0 Å². The van der Waals surface area contributed by atoms with Crippen LogP contribution in [0.3, 0.4) is 0 Å². The van der Waals surface area contributed by atoms with Gasteiger partial charge < -0.3 is 15.8 Å². The van der Waals surface area contributed by atoms with Gasteiger partial charge >= 0.3 is 5.69 Å². The molecule has 0 aliphatic carbocycles. The van der Waals surface area contributed by atoms with Gasteiger partial charge in [0.2, 0.25) is 5.91 Å². The summed E-state index contributed by atoms with van der Waals surface area (Å²) in [5.74, 6) is -0.449. The molecule has 1 unspecified atom stereocenters. The Kier molecular flexibility index (Phi) is 5.04. The Morgan fingerprint density at radius 3 is 2.70 bits per heavy atom. The van der Waals surface area contributed by atoms with E-state index in [2.05, 4.69) is 5.32 Å². The van der Waals surface area contributed by atoms with E-state index in [-0.39, 0.29) is 18.0 Å². The summed E-state index contributed by atoms with van der Waals surface area (Å²) in [6.45, 7) is 5.67. The van der Waals surface area contributed by atoms with E-state index in [4.69, 9.17) is 10.5 Å². The summed E-state index contributed by atoms with van der Waals surface area (Å²) < 4.78 is 5.45. The molecule has 1 amide bonds. The first-order valence-electron chi connectivity index (χ1n) is 6.23. The molecular formula is C13H19N3O4. The lowest BCUT2D eigenvalue weighted by atomic mass is 10.0. The minimum Gasteiger partial charge on any atom is -0.484 e. The number of aryl methyl sites for hydroxylation is 1. The first kappa shape index (κ1) is 15.9. The standard InChI is InChI=1S/C13H19N3O4/c1-4-15-13(3,12(14)17)8-20-11-7-9(2)5-6-10(11)16(18)19/h5-7,15H,4,8H2,1-3H3,(H2,14,17). The summed E-state index contributed by atoms with van der Waals surface area (Å²) in [5.41, 5.74) is 4.95. The first-order chi connectivity index (χ1) is 9.30. The van der Waals surface area contributed by atoms with Crippen molar-refractivity contribution in [3.05, 3.63) is 33.9 Å². The molecule has 1 aromatic rings. The number of nitrogens with one attached hydrogen (secondary N) is 1. The zero-order chi connectivity index (χ0) is 15.3. The van der Waals surface area contributed by atoms with Crippen LogP contribution in [0.5, 0.6) is 5.75 Å². The second-order valence-corrected chi connectivity index (χ2v) is 4.74. The highest BCUT2D eigenvalue weighted by Gasteiger charge is 2.32. The molecule has 0 radical (unpaired) electrons. The molecule has 0 aromatic heterocycles. The van der Waals surface area contributed by atoms with Crippen molar-refractivity contribution in [3.63, 3.8) is 0 Å². The topological polar surface area (TPSA) is 107 Å². The quantitative estimate of drug-likeness (QED) is 0.575. The maximum absolute atomic E-state index is 11.5. The summed E-state index contributed by atoms with van der Waals surface area (Å²) >= 11 is 0. The molecule has 7 nitrogen and oxygen atoms in total. The van der Waals surface area contributed by atoms with Crippen LogP contribution in [0.15, 0.2) is 18.2 Å². The normalized spacial score (nSPS) is 13.6. The van der Waals surface area contributed by atoms with Gasteiger partial charge in [0.15, 0.2) is 5.75 Å². The Hall–Kier alpha value is -2.15. The van der Waals surface area contributed by atoms with Crippen molar-refractivity contribution in [2.24, 2.45) is 5.73 Å². The molecule has 110 valence electrons. The Morgan fingerprint density at radius 2 is 2.20 bits per heavy atom.